The first kappa shape index (κ1) is 46.7. The van der Waals surface area contributed by atoms with Gasteiger partial charge in [0.1, 0.15) is 12.7 Å². The second kappa shape index (κ2) is 34.1. The summed E-state index contributed by atoms with van der Waals surface area (Å²) in [6, 6.07) is 0. The van der Waals surface area contributed by atoms with Gasteiger partial charge in [0.05, 0.1) is 19.8 Å². The van der Waals surface area contributed by atoms with Crippen LogP contribution in [-0.2, 0) is 32.7 Å². The predicted octanol–water partition coefficient (Wildman–Crippen LogP) is 8.77. The summed E-state index contributed by atoms with van der Waals surface area (Å²) in [6.07, 6.45) is 35.0. The van der Waals surface area contributed by atoms with Crippen LogP contribution < -0.4 is 0 Å². The van der Waals surface area contributed by atoms with Gasteiger partial charge in [-0.25, -0.2) is 4.57 Å². The second-order valence-corrected chi connectivity index (χ2v) is 13.4. The Hall–Kier alpha value is -2.33. The van der Waals surface area contributed by atoms with Crippen LogP contribution in [0.1, 0.15) is 129 Å². The molecule has 0 aromatic carbocycles. The first-order valence-electron chi connectivity index (χ1n) is 18.3. The first-order valence-corrected chi connectivity index (χ1v) is 19.8. The van der Waals surface area contributed by atoms with Gasteiger partial charge < -0.3 is 24.6 Å². The minimum atomic E-state index is -4.63. The van der Waals surface area contributed by atoms with Gasteiger partial charge in [0.15, 0.2) is 6.10 Å². The van der Waals surface area contributed by atoms with E-state index in [0.717, 1.165) is 51.4 Å². The van der Waals surface area contributed by atoms with Crippen molar-refractivity contribution in [1.29, 1.82) is 0 Å². The Morgan fingerprint density at radius 1 is 0.653 bits per heavy atom. The summed E-state index contributed by atoms with van der Waals surface area (Å²) in [7, 11) is -4.63. The summed E-state index contributed by atoms with van der Waals surface area (Å²) in [5, 5.41) is 18.2. The van der Waals surface area contributed by atoms with Gasteiger partial charge >= 0.3 is 19.8 Å². The Morgan fingerprint density at radius 3 is 1.92 bits per heavy atom. The van der Waals surface area contributed by atoms with Crippen LogP contribution in [0.25, 0.3) is 0 Å². The Bertz CT molecular complexity index is 1000. The monoisotopic (exact) mass is 712 g/mol. The molecule has 0 rings (SSSR count). The van der Waals surface area contributed by atoms with E-state index in [9.17, 15) is 24.2 Å². The maximum absolute atomic E-state index is 12.5. The Kier molecular flexibility index (Phi) is 32.5. The third-order valence-corrected chi connectivity index (χ3v) is 8.18. The lowest BCUT2D eigenvalue weighted by Gasteiger charge is -2.20. The number of hydrogen-bond donors (Lipinski definition) is 3. The van der Waals surface area contributed by atoms with E-state index >= 15 is 0 Å². The average molecular weight is 713 g/mol. The number of phosphoric acid groups is 1. The molecule has 0 aliphatic rings. The van der Waals surface area contributed by atoms with Crippen molar-refractivity contribution in [2.75, 3.05) is 26.4 Å². The molecular formula is C38H65O10P. The van der Waals surface area contributed by atoms with E-state index in [4.69, 9.17) is 19.1 Å². The fourth-order valence-electron chi connectivity index (χ4n) is 4.40. The first-order chi connectivity index (χ1) is 23.7. The van der Waals surface area contributed by atoms with Crippen LogP contribution in [0.4, 0.5) is 0 Å². The highest BCUT2D eigenvalue weighted by Gasteiger charge is 2.27. The summed E-state index contributed by atoms with van der Waals surface area (Å²) in [5.74, 6) is -1.04. The molecule has 0 amide bonds. The Labute approximate surface area is 296 Å². The summed E-state index contributed by atoms with van der Waals surface area (Å²) in [4.78, 5) is 34.7. The molecule has 0 bridgehead atoms. The number of aliphatic hydroxyl groups is 2. The van der Waals surface area contributed by atoms with Gasteiger partial charge in [-0.3, -0.25) is 18.6 Å². The van der Waals surface area contributed by atoms with E-state index in [1.54, 1.807) is 0 Å². The molecule has 0 aliphatic heterocycles. The molecule has 0 saturated heterocycles. The zero-order chi connectivity index (χ0) is 36.3. The van der Waals surface area contributed by atoms with Crippen molar-refractivity contribution in [1.82, 2.24) is 0 Å². The molecule has 0 spiro atoms. The van der Waals surface area contributed by atoms with E-state index in [1.165, 1.54) is 38.5 Å². The topological polar surface area (TPSA) is 149 Å². The number of phosphoric ester groups is 1. The van der Waals surface area contributed by atoms with E-state index < -0.39 is 51.8 Å². The number of esters is 2. The van der Waals surface area contributed by atoms with Crippen LogP contribution in [-0.4, -0.2) is 65.7 Å². The zero-order valence-corrected chi connectivity index (χ0v) is 31.0. The van der Waals surface area contributed by atoms with Crippen LogP contribution in [0, 0.1) is 0 Å². The lowest BCUT2D eigenvalue weighted by Crippen LogP contribution is -2.29. The maximum Gasteiger partial charge on any atom is 0.472 e. The summed E-state index contributed by atoms with van der Waals surface area (Å²) in [6.45, 7) is 2.11. The third kappa shape index (κ3) is 33.9. The van der Waals surface area contributed by atoms with Gasteiger partial charge in [0.2, 0.25) is 0 Å². The summed E-state index contributed by atoms with van der Waals surface area (Å²) in [5.41, 5.74) is 0. The van der Waals surface area contributed by atoms with Crippen molar-refractivity contribution < 1.29 is 47.8 Å². The molecule has 0 fully saturated rings. The van der Waals surface area contributed by atoms with E-state index in [2.05, 4.69) is 48.8 Å². The van der Waals surface area contributed by atoms with Crippen molar-refractivity contribution in [3.63, 3.8) is 0 Å². The molecule has 0 aliphatic carbocycles. The van der Waals surface area contributed by atoms with Gasteiger partial charge in [0, 0.05) is 12.8 Å². The standard InChI is InChI=1S/C38H65O10P/c1-3-5-7-9-11-13-15-17-19-21-23-25-27-29-37(41)45-33-36(34-47-49(43,44)46-32-35(40)31-39)48-38(42)30-28-26-24-22-20-18-16-14-12-10-8-6-4-2/h5,7,9,11,13,15,18,20,24,26,35-36,39-40H,3-4,6,8,10,12,14,16-17,19,21-23,25,27-34H2,1-2H3,(H,43,44)/b7-5+,11-9+,15-13+,20-18+,26-24+/t35-,36?/m0/s1. The van der Waals surface area contributed by atoms with Crippen molar-refractivity contribution in [3.8, 4) is 0 Å². The number of unbranched alkanes of at least 4 members (excludes halogenated alkanes) is 11. The number of hydrogen-bond acceptors (Lipinski definition) is 9. The highest BCUT2D eigenvalue weighted by molar-refractivity contribution is 7.47. The zero-order valence-electron chi connectivity index (χ0n) is 30.1. The van der Waals surface area contributed by atoms with Crippen LogP contribution in [0.3, 0.4) is 0 Å². The number of allylic oxidation sites excluding steroid dienone is 10. The van der Waals surface area contributed by atoms with E-state index in [-0.39, 0.29) is 19.4 Å². The van der Waals surface area contributed by atoms with Gasteiger partial charge in [-0.05, 0) is 51.4 Å². The summed E-state index contributed by atoms with van der Waals surface area (Å²) >= 11 is 0. The lowest BCUT2D eigenvalue weighted by molar-refractivity contribution is -0.161. The molecular weight excluding hydrogens is 647 g/mol. The Morgan fingerprint density at radius 2 is 1.24 bits per heavy atom. The Balaban J connectivity index is 4.52. The third-order valence-electron chi connectivity index (χ3n) is 7.23. The SMILES string of the molecule is CC/C=C/C=C/C=C/CCCCCCCC(=O)OCC(COP(=O)(O)OC[C@@H](O)CO)OC(=O)CC/C=C/C/C=C/CCCCCCCC. The molecule has 0 saturated carbocycles. The largest absolute Gasteiger partial charge is 0.472 e. The molecule has 3 atom stereocenters. The lowest BCUT2D eigenvalue weighted by atomic mass is 10.1. The molecule has 3 N–H and O–H groups in total. The van der Waals surface area contributed by atoms with E-state index in [0.29, 0.717) is 12.8 Å². The average Bonchev–Trinajstić information content (AvgIpc) is 3.09. The molecule has 0 heterocycles. The smallest absolute Gasteiger partial charge is 0.462 e. The fourth-order valence-corrected chi connectivity index (χ4v) is 5.19. The highest BCUT2D eigenvalue weighted by atomic mass is 31.2. The molecule has 11 heteroatoms. The van der Waals surface area contributed by atoms with Crippen molar-refractivity contribution in [2.24, 2.45) is 0 Å². The molecule has 0 aromatic rings. The summed E-state index contributed by atoms with van der Waals surface area (Å²) < 4.78 is 32.4. The normalized spacial score (nSPS) is 14.8. The van der Waals surface area contributed by atoms with Crippen LogP contribution in [0.15, 0.2) is 60.8 Å². The molecule has 49 heavy (non-hydrogen) atoms. The number of rotatable bonds is 33. The molecule has 2 unspecified atom stereocenters. The van der Waals surface area contributed by atoms with Crippen LogP contribution in [0.2, 0.25) is 0 Å². The van der Waals surface area contributed by atoms with Crippen LogP contribution in [0.5, 0.6) is 0 Å². The number of ether oxygens (including phenoxy) is 2. The van der Waals surface area contributed by atoms with E-state index in [1.807, 2.05) is 30.4 Å². The van der Waals surface area contributed by atoms with Crippen molar-refractivity contribution >= 4 is 19.8 Å². The predicted molar refractivity (Wildman–Crippen MR) is 196 cm³/mol. The number of carbonyl (C=O) groups excluding carboxylic acids is 2. The fraction of sp³-hybridized carbons (Fsp3) is 0.684. The molecule has 282 valence electrons. The minimum absolute atomic E-state index is 0.0706. The quantitative estimate of drug-likeness (QED) is 0.0198. The number of carbonyl (C=O) groups is 2. The van der Waals surface area contributed by atoms with Gasteiger partial charge in [-0.2, -0.15) is 0 Å². The second-order valence-electron chi connectivity index (χ2n) is 11.9. The van der Waals surface area contributed by atoms with Crippen LogP contribution >= 0.6 is 7.82 Å². The molecule has 0 radical (unpaired) electrons. The minimum Gasteiger partial charge on any atom is -0.462 e. The van der Waals surface area contributed by atoms with Gasteiger partial charge in [-0.15, -0.1) is 0 Å². The molecule has 0 aromatic heterocycles. The molecule has 10 nitrogen and oxygen atoms in total. The number of aliphatic hydroxyl groups excluding tert-OH is 2. The van der Waals surface area contributed by atoms with Gasteiger partial charge in [0.25, 0.3) is 0 Å². The van der Waals surface area contributed by atoms with Crippen molar-refractivity contribution in [3.05, 3.63) is 60.8 Å². The maximum atomic E-state index is 12.5. The van der Waals surface area contributed by atoms with Crippen molar-refractivity contribution in [2.45, 2.75) is 142 Å². The van der Waals surface area contributed by atoms with Gasteiger partial charge in [-0.1, -0.05) is 126 Å². The highest BCUT2D eigenvalue weighted by Crippen LogP contribution is 2.43.